The van der Waals surface area contributed by atoms with Crippen LogP contribution in [0.1, 0.15) is 0 Å². The number of hydrogen-bond donors (Lipinski definition) is 0. The van der Waals surface area contributed by atoms with Gasteiger partial charge in [0.2, 0.25) is 0 Å². The Bertz CT molecular complexity index is 1230. The summed E-state index contributed by atoms with van der Waals surface area (Å²) in [5.74, 6) is -0.410. The molecule has 0 saturated heterocycles. The summed E-state index contributed by atoms with van der Waals surface area (Å²) < 4.78 is 65.6. The highest BCUT2D eigenvalue weighted by molar-refractivity contribution is 7.88. The number of thiophene rings is 1. The summed E-state index contributed by atoms with van der Waals surface area (Å²) >= 11 is 1.51. The molecule has 9 heteroatoms. The zero-order valence-corrected chi connectivity index (χ0v) is 13.9. The molecule has 4 aromatic rings. The van der Waals surface area contributed by atoms with Gasteiger partial charge in [0.1, 0.15) is 5.75 Å². The molecule has 0 fully saturated rings. The quantitative estimate of drug-likeness (QED) is 0.367. The monoisotopic (exact) mass is 383 g/mol. The fourth-order valence-electron chi connectivity index (χ4n) is 2.56. The van der Waals surface area contributed by atoms with Gasteiger partial charge in [-0.15, -0.1) is 11.3 Å². The topological polar surface area (TPSA) is 56.3 Å². The average molecular weight is 383 g/mol. The van der Waals surface area contributed by atoms with E-state index in [1.165, 1.54) is 35.7 Å². The molecule has 0 aliphatic carbocycles. The Balaban J connectivity index is 1.87. The van der Waals surface area contributed by atoms with Crippen LogP contribution in [0.4, 0.5) is 13.2 Å². The first-order valence-corrected chi connectivity index (χ1v) is 9.19. The minimum absolute atomic E-state index is 0.410. The molecule has 2 heterocycles. The molecule has 2 aromatic carbocycles. The lowest BCUT2D eigenvalue weighted by atomic mass is 10.1. The second-order valence-electron chi connectivity index (χ2n) is 5.27. The maximum absolute atomic E-state index is 12.4. The molecule has 0 aliphatic heterocycles. The van der Waals surface area contributed by atoms with Gasteiger partial charge in [-0.3, -0.25) is 4.98 Å². The summed E-state index contributed by atoms with van der Waals surface area (Å²) in [6.07, 6.45) is 1.49. The van der Waals surface area contributed by atoms with Crippen molar-refractivity contribution in [3.63, 3.8) is 0 Å². The van der Waals surface area contributed by atoms with Crippen LogP contribution in [0, 0.1) is 0 Å². The van der Waals surface area contributed by atoms with E-state index >= 15 is 0 Å². The van der Waals surface area contributed by atoms with E-state index < -0.39 is 21.4 Å². The molecule has 0 aliphatic rings. The normalized spacial score (nSPS) is 12.9. The van der Waals surface area contributed by atoms with Crippen LogP contribution in [0.5, 0.6) is 5.75 Å². The number of halogens is 3. The summed E-state index contributed by atoms with van der Waals surface area (Å²) in [4.78, 5) is 4.37. The van der Waals surface area contributed by atoms with E-state index in [2.05, 4.69) is 9.17 Å². The predicted octanol–water partition coefficient (Wildman–Crippen LogP) is 4.83. The van der Waals surface area contributed by atoms with Crippen molar-refractivity contribution < 1.29 is 25.8 Å². The van der Waals surface area contributed by atoms with Crippen molar-refractivity contribution in [2.24, 2.45) is 0 Å². The Morgan fingerprint density at radius 2 is 1.80 bits per heavy atom. The lowest BCUT2D eigenvalue weighted by molar-refractivity contribution is -0.0500. The van der Waals surface area contributed by atoms with Gasteiger partial charge in [0.05, 0.1) is 10.2 Å². The van der Waals surface area contributed by atoms with Gasteiger partial charge in [-0.1, -0.05) is 18.2 Å². The van der Waals surface area contributed by atoms with Crippen molar-refractivity contribution in [3.8, 4) is 5.75 Å². The van der Waals surface area contributed by atoms with Crippen LogP contribution >= 0.6 is 11.3 Å². The lowest BCUT2D eigenvalue weighted by Crippen LogP contribution is -2.28. The largest absolute Gasteiger partial charge is 0.534 e. The first-order valence-electron chi connectivity index (χ1n) is 6.97. The molecule has 4 nitrogen and oxygen atoms in total. The minimum Gasteiger partial charge on any atom is -0.376 e. The average Bonchev–Trinajstić information content (AvgIpc) is 2.92. The Morgan fingerprint density at radius 3 is 2.56 bits per heavy atom. The Morgan fingerprint density at radius 1 is 1.04 bits per heavy atom. The first-order chi connectivity index (χ1) is 11.8. The van der Waals surface area contributed by atoms with Crippen molar-refractivity contribution in [2.45, 2.75) is 5.51 Å². The van der Waals surface area contributed by atoms with Gasteiger partial charge in [0, 0.05) is 27.1 Å². The molecular formula is C16H8F3NO3S2. The van der Waals surface area contributed by atoms with Gasteiger partial charge in [-0.25, -0.2) is 0 Å². The molecule has 0 unspecified atom stereocenters. The van der Waals surface area contributed by atoms with Crippen LogP contribution in [0.3, 0.4) is 0 Å². The van der Waals surface area contributed by atoms with E-state index in [1.54, 1.807) is 0 Å². The number of benzene rings is 2. The van der Waals surface area contributed by atoms with Crippen LogP contribution in [0.15, 0.2) is 48.7 Å². The SMILES string of the molecule is O=S(=O)(Oc1ccc2c(cnc3c4ccccc4sc23)c1)C(F)(F)F. The fourth-order valence-corrected chi connectivity index (χ4v) is 4.20. The second-order valence-corrected chi connectivity index (χ2v) is 7.86. The van der Waals surface area contributed by atoms with Crippen LogP contribution in [0.25, 0.3) is 31.1 Å². The Kier molecular flexibility index (Phi) is 3.41. The molecule has 0 amide bonds. The maximum Gasteiger partial charge on any atom is 0.534 e. The maximum atomic E-state index is 12.4. The Hall–Kier alpha value is -2.39. The van der Waals surface area contributed by atoms with Gasteiger partial charge in [0.15, 0.2) is 0 Å². The number of nitrogens with zero attached hydrogens (tertiary/aromatic N) is 1. The van der Waals surface area contributed by atoms with Crippen LogP contribution < -0.4 is 4.18 Å². The summed E-state index contributed by atoms with van der Waals surface area (Å²) in [6.45, 7) is 0. The lowest BCUT2D eigenvalue weighted by Gasteiger charge is -2.10. The molecule has 4 rings (SSSR count). The van der Waals surface area contributed by atoms with E-state index in [0.717, 1.165) is 25.7 Å². The smallest absolute Gasteiger partial charge is 0.376 e. The summed E-state index contributed by atoms with van der Waals surface area (Å²) in [5, 5.41) is 2.25. The first kappa shape index (κ1) is 16.1. The summed E-state index contributed by atoms with van der Waals surface area (Å²) in [5.41, 5.74) is -4.68. The highest BCUT2D eigenvalue weighted by Gasteiger charge is 2.48. The van der Waals surface area contributed by atoms with Crippen molar-refractivity contribution in [1.29, 1.82) is 0 Å². The number of alkyl halides is 3. The van der Waals surface area contributed by atoms with Crippen molar-refractivity contribution in [3.05, 3.63) is 48.7 Å². The van der Waals surface area contributed by atoms with E-state index in [4.69, 9.17) is 0 Å². The molecule has 2 aromatic heterocycles. The van der Waals surface area contributed by atoms with E-state index in [0.29, 0.717) is 5.39 Å². The molecule has 0 radical (unpaired) electrons. The van der Waals surface area contributed by atoms with Crippen LogP contribution in [0.2, 0.25) is 0 Å². The number of rotatable bonds is 2. The van der Waals surface area contributed by atoms with Gasteiger partial charge in [-0.05, 0) is 24.3 Å². The summed E-state index contributed by atoms with van der Waals surface area (Å²) in [7, 11) is -5.70. The van der Waals surface area contributed by atoms with E-state index in [9.17, 15) is 21.6 Å². The number of hydrogen-bond acceptors (Lipinski definition) is 5. The second kappa shape index (κ2) is 5.30. The van der Waals surface area contributed by atoms with Crippen LogP contribution in [-0.4, -0.2) is 18.9 Å². The van der Waals surface area contributed by atoms with Gasteiger partial charge in [-0.2, -0.15) is 21.6 Å². The molecule has 25 heavy (non-hydrogen) atoms. The van der Waals surface area contributed by atoms with Crippen molar-refractivity contribution >= 4 is 52.5 Å². The number of aromatic nitrogens is 1. The number of pyridine rings is 1. The minimum atomic E-state index is -5.70. The van der Waals surface area contributed by atoms with E-state index in [-0.39, 0.29) is 0 Å². The molecule has 0 bridgehead atoms. The molecule has 128 valence electrons. The van der Waals surface area contributed by atoms with Gasteiger partial charge in [0.25, 0.3) is 0 Å². The third-order valence-corrected chi connectivity index (χ3v) is 5.83. The van der Waals surface area contributed by atoms with E-state index in [1.807, 2.05) is 24.3 Å². The third kappa shape index (κ3) is 2.59. The number of fused-ring (bicyclic) bond motifs is 5. The zero-order valence-electron chi connectivity index (χ0n) is 12.2. The fraction of sp³-hybridized carbons (Fsp3) is 0.0625. The molecule has 0 atom stereocenters. The molecule has 0 spiro atoms. The van der Waals surface area contributed by atoms with Crippen molar-refractivity contribution in [2.75, 3.05) is 0 Å². The van der Waals surface area contributed by atoms with Gasteiger partial charge < -0.3 is 4.18 Å². The molecule has 0 N–H and O–H groups in total. The molecular weight excluding hydrogens is 375 g/mol. The Labute approximate surface area is 143 Å². The molecule has 0 saturated carbocycles. The summed E-state index contributed by atoms with van der Waals surface area (Å²) in [6, 6.07) is 11.7. The predicted molar refractivity (Wildman–Crippen MR) is 90.2 cm³/mol. The highest BCUT2D eigenvalue weighted by Crippen LogP contribution is 2.38. The van der Waals surface area contributed by atoms with Crippen LogP contribution in [-0.2, 0) is 10.1 Å². The zero-order chi connectivity index (χ0) is 17.8. The standard InChI is InChI=1S/C16H8F3NO3S2/c17-16(18,19)25(21,22)23-10-5-6-11-9(7-10)8-20-14-12-3-1-2-4-13(12)24-15(11)14/h1-8H. The van der Waals surface area contributed by atoms with Gasteiger partial charge >= 0.3 is 15.6 Å². The van der Waals surface area contributed by atoms with Crippen molar-refractivity contribution in [1.82, 2.24) is 4.98 Å². The third-order valence-electron chi connectivity index (χ3n) is 3.66. The highest BCUT2D eigenvalue weighted by atomic mass is 32.2.